The van der Waals surface area contributed by atoms with Crippen molar-refractivity contribution in [1.82, 2.24) is 9.80 Å². The van der Waals surface area contributed by atoms with E-state index in [0.717, 1.165) is 12.3 Å². The standard InChI is InChI=1S/C16H26N2O3/c1-12-11-17(15(19)21-16(3,4)5)8-9-18(12)13(2)14-7-6-10-20-14/h6-7,10,12-13H,8-9,11H2,1-5H3/t12-,13-/m1/s1. The third-order valence-corrected chi connectivity index (χ3v) is 3.78. The minimum Gasteiger partial charge on any atom is -0.468 e. The van der Waals surface area contributed by atoms with Crippen LogP contribution in [0.4, 0.5) is 4.79 Å². The van der Waals surface area contributed by atoms with Crippen molar-refractivity contribution in [3.8, 4) is 0 Å². The van der Waals surface area contributed by atoms with Crippen LogP contribution in [-0.2, 0) is 4.74 Å². The lowest BCUT2D eigenvalue weighted by molar-refractivity contribution is -0.00238. The van der Waals surface area contributed by atoms with Crippen molar-refractivity contribution in [3.05, 3.63) is 24.2 Å². The van der Waals surface area contributed by atoms with E-state index in [4.69, 9.17) is 9.15 Å². The van der Waals surface area contributed by atoms with Gasteiger partial charge in [0.25, 0.3) is 0 Å². The Morgan fingerprint density at radius 1 is 1.43 bits per heavy atom. The second kappa shape index (κ2) is 6.10. The molecule has 0 unspecified atom stereocenters. The number of carbonyl (C=O) groups excluding carboxylic acids is 1. The molecule has 0 N–H and O–H groups in total. The second-order valence-electron chi connectivity index (χ2n) is 6.70. The van der Waals surface area contributed by atoms with Gasteiger partial charge in [-0.3, -0.25) is 4.90 Å². The summed E-state index contributed by atoms with van der Waals surface area (Å²) in [4.78, 5) is 16.3. The van der Waals surface area contributed by atoms with E-state index in [1.54, 1.807) is 11.2 Å². The molecule has 1 fully saturated rings. The van der Waals surface area contributed by atoms with Gasteiger partial charge in [-0.05, 0) is 46.8 Å². The SMILES string of the molecule is C[C@@H]1CN(C(=O)OC(C)(C)C)CCN1[C@H](C)c1ccco1. The van der Waals surface area contributed by atoms with Gasteiger partial charge in [0.2, 0.25) is 0 Å². The average Bonchev–Trinajstić information content (AvgIpc) is 2.89. The molecule has 0 radical (unpaired) electrons. The Labute approximate surface area is 126 Å². The van der Waals surface area contributed by atoms with Crippen LogP contribution in [0.2, 0.25) is 0 Å². The molecular weight excluding hydrogens is 268 g/mol. The fraction of sp³-hybridized carbons (Fsp3) is 0.688. The zero-order valence-electron chi connectivity index (χ0n) is 13.6. The van der Waals surface area contributed by atoms with Crippen LogP contribution in [0, 0.1) is 0 Å². The molecule has 0 aliphatic carbocycles. The predicted molar refractivity (Wildman–Crippen MR) is 81.1 cm³/mol. The molecule has 1 aliphatic heterocycles. The Kier molecular flexibility index (Phi) is 4.61. The monoisotopic (exact) mass is 294 g/mol. The number of rotatable bonds is 2. The van der Waals surface area contributed by atoms with E-state index >= 15 is 0 Å². The molecule has 0 aromatic carbocycles. The molecule has 1 aromatic rings. The van der Waals surface area contributed by atoms with Crippen LogP contribution in [0.25, 0.3) is 0 Å². The Balaban J connectivity index is 1.94. The number of hydrogen-bond acceptors (Lipinski definition) is 4. The maximum absolute atomic E-state index is 12.1. The van der Waals surface area contributed by atoms with Gasteiger partial charge in [0.15, 0.2) is 0 Å². The summed E-state index contributed by atoms with van der Waals surface area (Å²) in [6.07, 6.45) is 1.48. The summed E-state index contributed by atoms with van der Waals surface area (Å²) in [6, 6.07) is 4.40. The topological polar surface area (TPSA) is 45.9 Å². The number of piperazine rings is 1. The van der Waals surface area contributed by atoms with E-state index in [1.807, 2.05) is 32.9 Å². The molecule has 0 spiro atoms. The first-order valence-corrected chi connectivity index (χ1v) is 7.55. The number of furan rings is 1. The lowest BCUT2D eigenvalue weighted by Gasteiger charge is -2.42. The van der Waals surface area contributed by atoms with Gasteiger partial charge in [0.05, 0.1) is 12.3 Å². The van der Waals surface area contributed by atoms with Crippen LogP contribution < -0.4 is 0 Å². The minimum atomic E-state index is -0.446. The zero-order chi connectivity index (χ0) is 15.6. The molecule has 2 atom stereocenters. The van der Waals surface area contributed by atoms with E-state index in [0.29, 0.717) is 13.1 Å². The van der Waals surface area contributed by atoms with Gasteiger partial charge in [0, 0.05) is 25.7 Å². The van der Waals surface area contributed by atoms with Gasteiger partial charge in [-0.2, -0.15) is 0 Å². The van der Waals surface area contributed by atoms with Crippen molar-refractivity contribution < 1.29 is 13.9 Å². The molecular formula is C16H26N2O3. The third-order valence-electron chi connectivity index (χ3n) is 3.78. The summed E-state index contributed by atoms with van der Waals surface area (Å²) in [5, 5.41) is 0. The second-order valence-corrected chi connectivity index (χ2v) is 6.70. The van der Waals surface area contributed by atoms with E-state index in [-0.39, 0.29) is 18.2 Å². The van der Waals surface area contributed by atoms with Crippen molar-refractivity contribution in [2.24, 2.45) is 0 Å². The predicted octanol–water partition coefficient (Wildman–Crippen LogP) is 3.28. The van der Waals surface area contributed by atoms with Crippen LogP contribution in [0.5, 0.6) is 0 Å². The van der Waals surface area contributed by atoms with Crippen molar-refractivity contribution in [2.75, 3.05) is 19.6 Å². The van der Waals surface area contributed by atoms with Gasteiger partial charge in [-0.15, -0.1) is 0 Å². The molecule has 5 nitrogen and oxygen atoms in total. The smallest absolute Gasteiger partial charge is 0.410 e. The lowest BCUT2D eigenvalue weighted by atomic mass is 10.1. The van der Waals surface area contributed by atoms with Crippen molar-refractivity contribution >= 4 is 6.09 Å². The van der Waals surface area contributed by atoms with Crippen LogP contribution >= 0.6 is 0 Å². The van der Waals surface area contributed by atoms with E-state index in [9.17, 15) is 4.79 Å². The number of ether oxygens (including phenoxy) is 1. The molecule has 2 heterocycles. The molecule has 0 saturated carbocycles. The number of nitrogens with zero attached hydrogens (tertiary/aromatic N) is 2. The van der Waals surface area contributed by atoms with Gasteiger partial charge in [-0.25, -0.2) is 4.79 Å². The molecule has 0 bridgehead atoms. The molecule has 1 aromatic heterocycles. The highest BCUT2D eigenvalue weighted by Crippen LogP contribution is 2.25. The first-order chi connectivity index (χ1) is 9.78. The number of carbonyl (C=O) groups is 1. The summed E-state index contributed by atoms with van der Waals surface area (Å²) in [5.74, 6) is 0.965. The van der Waals surface area contributed by atoms with Crippen LogP contribution in [0.3, 0.4) is 0 Å². The van der Waals surface area contributed by atoms with Gasteiger partial charge in [-0.1, -0.05) is 0 Å². The van der Waals surface area contributed by atoms with Crippen LogP contribution in [0.15, 0.2) is 22.8 Å². The van der Waals surface area contributed by atoms with Crippen LogP contribution in [0.1, 0.15) is 46.4 Å². The number of hydrogen-bond donors (Lipinski definition) is 0. The van der Waals surface area contributed by atoms with Crippen molar-refractivity contribution in [1.29, 1.82) is 0 Å². The van der Waals surface area contributed by atoms with Gasteiger partial charge >= 0.3 is 6.09 Å². The fourth-order valence-corrected chi connectivity index (χ4v) is 2.73. The molecule has 21 heavy (non-hydrogen) atoms. The highest BCUT2D eigenvalue weighted by molar-refractivity contribution is 5.68. The first-order valence-electron chi connectivity index (χ1n) is 7.55. The maximum atomic E-state index is 12.1. The fourth-order valence-electron chi connectivity index (χ4n) is 2.73. The maximum Gasteiger partial charge on any atom is 0.410 e. The summed E-state index contributed by atoms with van der Waals surface area (Å²) < 4.78 is 10.9. The Hall–Kier alpha value is -1.49. The highest BCUT2D eigenvalue weighted by atomic mass is 16.6. The highest BCUT2D eigenvalue weighted by Gasteiger charge is 2.32. The molecule has 118 valence electrons. The zero-order valence-corrected chi connectivity index (χ0v) is 13.6. The molecule has 2 rings (SSSR count). The molecule has 1 amide bonds. The Morgan fingerprint density at radius 2 is 2.14 bits per heavy atom. The summed E-state index contributed by atoms with van der Waals surface area (Å²) in [7, 11) is 0. The summed E-state index contributed by atoms with van der Waals surface area (Å²) in [6.45, 7) is 12.1. The molecule has 1 saturated heterocycles. The normalized spacial score (nSPS) is 22.1. The van der Waals surface area contributed by atoms with Crippen molar-refractivity contribution in [3.63, 3.8) is 0 Å². The van der Waals surface area contributed by atoms with E-state index in [1.165, 1.54) is 0 Å². The lowest BCUT2D eigenvalue weighted by Crippen LogP contribution is -2.54. The van der Waals surface area contributed by atoms with Crippen LogP contribution in [-0.4, -0.2) is 47.2 Å². The summed E-state index contributed by atoms with van der Waals surface area (Å²) >= 11 is 0. The van der Waals surface area contributed by atoms with Gasteiger partial charge in [0.1, 0.15) is 11.4 Å². The number of amides is 1. The first kappa shape index (κ1) is 15.9. The molecule has 1 aliphatic rings. The largest absolute Gasteiger partial charge is 0.468 e. The molecule has 5 heteroatoms. The third kappa shape index (κ3) is 4.00. The minimum absolute atomic E-state index is 0.218. The summed E-state index contributed by atoms with van der Waals surface area (Å²) in [5.41, 5.74) is -0.446. The van der Waals surface area contributed by atoms with E-state index in [2.05, 4.69) is 18.7 Å². The van der Waals surface area contributed by atoms with Crippen molar-refractivity contribution in [2.45, 2.75) is 52.3 Å². The average molecular weight is 294 g/mol. The Morgan fingerprint density at radius 3 is 2.67 bits per heavy atom. The quantitative estimate of drug-likeness (QED) is 0.839. The Bertz CT molecular complexity index is 464. The van der Waals surface area contributed by atoms with E-state index < -0.39 is 5.60 Å². The van der Waals surface area contributed by atoms with Gasteiger partial charge < -0.3 is 14.1 Å².